The fraction of sp³-hybridized carbons (Fsp3) is 0.353. The van der Waals surface area contributed by atoms with Crippen LogP contribution in [0.2, 0.25) is 0 Å². The number of carbonyl (C=O) groups excluding carboxylic acids is 1. The molecule has 11 heteroatoms. The molecule has 1 heterocycles. The predicted octanol–water partition coefficient (Wildman–Crippen LogP) is 1.95. The minimum atomic E-state index is -3.83. The fourth-order valence-electron chi connectivity index (χ4n) is 2.52. The van der Waals surface area contributed by atoms with Crippen molar-refractivity contribution in [3.8, 4) is 0 Å². The van der Waals surface area contributed by atoms with Gasteiger partial charge in [-0.25, -0.2) is 8.42 Å². The topological polar surface area (TPSA) is 135 Å². The van der Waals surface area contributed by atoms with Crippen LogP contribution in [0.5, 0.6) is 0 Å². The van der Waals surface area contributed by atoms with E-state index in [-0.39, 0.29) is 36.8 Å². The van der Waals surface area contributed by atoms with E-state index in [9.17, 15) is 23.3 Å². The van der Waals surface area contributed by atoms with Gasteiger partial charge in [-0.1, -0.05) is 13.8 Å². The lowest BCUT2D eigenvalue weighted by Crippen LogP contribution is -2.31. The lowest BCUT2D eigenvalue weighted by atomic mass is 10.2. The molecule has 0 atom stereocenters. The van der Waals surface area contributed by atoms with Gasteiger partial charge in [-0.3, -0.25) is 14.9 Å². The van der Waals surface area contributed by atoms with Crippen molar-refractivity contribution in [2.24, 2.45) is 0 Å². The first-order chi connectivity index (χ1) is 13.3. The van der Waals surface area contributed by atoms with Crippen LogP contribution in [-0.4, -0.2) is 43.2 Å². The summed E-state index contributed by atoms with van der Waals surface area (Å²) in [5.41, 5.74) is -0.372. The lowest BCUT2D eigenvalue weighted by molar-refractivity contribution is -0.384. The molecule has 0 spiro atoms. The summed E-state index contributed by atoms with van der Waals surface area (Å²) in [5, 5.41) is 16.6. The van der Waals surface area contributed by atoms with Gasteiger partial charge in [0.05, 0.1) is 29.2 Å². The summed E-state index contributed by atoms with van der Waals surface area (Å²) in [4.78, 5) is 22.4. The highest BCUT2D eigenvalue weighted by Crippen LogP contribution is 2.28. The Bertz CT molecular complexity index is 923. The number of sulfonamides is 1. The van der Waals surface area contributed by atoms with E-state index in [0.29, 0.717) is 5.76 Å². The van der Waals surface area contributed by atoms with Crippen LogP contribution in [0.3, 0.4) is 0 Å². The average Bonchev–Trinajstić information content (AvgIpc) is 3.18. The maximum atomic E-state index is 12.6. The molecular weight excluding hydrogens is 388 g/mol. The van der Waals surface area contributed by atoms with Gasteiger partial charge in [0.2, 0.25) is 15.9 Å². The second-order valence-corrected chi connectivity index (χ2v) is 7.67. The Morgan fingerprint density at radius 3 is 2.54 bits per heavy atom. The molecule has 1 amide bonds. The molecule has 0 aliphatic rings. The molecule has 0 saturated heterocycles. The first-order valence-electron chi connectivity index (χ1n) is 8.61. The molecule has 2 N–H and O–H groups in total. The van der Waals surface area contributed by atoms with Gasteiger partial charge >= 0.3 is 0 Å². The summed E-state index contributed by atoms with van der Waals surface area (Å²) in [6.07, 6.45) is 1.48. The first kappa shape index (κ1) is 21.4. The Morgan fingerprint density at radius 1 is 1.25 bits per heavy atom. The molecule has 1 aromatic heterocycles. The number of carbonyl (C=O) groups is 1. The molecule has 2 aromatic rings. The summed E-state index contributed by atoms with van der Waals surface area (Å²) in [5.74, 6) is 0.177. The van der Waals surface area contributed by atoms with Crippen molar-refractivity contribution in [3.63, 3.8) is 0 Å². The van der Waals surface area contributed by atoms with Crippen LogP contribution in [0.25, 0.3) is 0 Å². The Hall–Kier alpha value is -2.92. The van der Waals surface area contributed by atoms with Crippen LogP contribution >= 0.6 is 0 Å². The van der Waals surface area contributed by atoms with Crippen molar-refractivity contribution in [1.29, 1.82) is 0 Å². The number of furan rings is 1. The highest BCUT2D eigenvalue weighted by Gasteiger charge is 2.25. The van der Waals surface area contributed by atoms with Gasteiger partial charge in [0.15, 0.2) is 0 Å². The minimum Gasteiger partial charge on any atom is -0.467 e. The van der Waals surface area contributed by atoms with Crippen molar-refractivity contribution in [2.45, 2.75) is 25.3 Å². The van der Waals surface area contributed by atoms with Gasteiger partial charge in [0, 0.05) is 19.2 Å². The van der Waals surface area contributed by atoms with Gasteiger partial charge < -0.3 is 15.1 Å². The summed E-state index contributed by atoms with van der Waals surface area (Å²) < 4.78 is 31.4. The number of nitrogens with zero attached hydrogens (tertiary/aromatic N) is 2. The number of hydrogen-bond acceptors (Lipinski definition) is 7. The van der Waals surface area contributed by atoms with Gasteiger partial charge in [-0.15, -0.1) is 0 Å². The molecule has 0 aliphatic heterocycles. The van der Waals surface area contributed by atoms with E-state index < -0.39 is 26.5 Å². The monoisotopic (exact) mass is 410 g/mol. The molecule has 0 saturated carbocycles. The normalized spacial score (nSPS) is 11.4. The number of anilines is 1. The molecule has 0 aliphatic carbocycles. The van der Waals surface area contributed by atoms with Crippen LogP contribution in [0, 0.1) is 10.1 Å². The van der Waals surface area contributed by atoms with Crippen LogP contribution in [0.15, 0.2) is 45.9 Å². The van der Waals surface area contributed by atoms with Crippen LogP contribution in [-0.2, 0) is 21.4 Å². The summed E-state index contributed by atoms with van der Waals surface area (Å²) >= 11 is 0. The number of nitro groups is 1. The smallest absolute Gasteiger partial charge is 0.293 e. The molecule has 0 fully saturated rings. The molecular formula is C17H22N4O6S. The van der Waals surface area contributed by atoms with E-state index in [4.69, 9.17) is 4.42 Å². The van der Waals surface area contributed by atoms with Crippen molar-refractivity contribution in [3.05, 3.63) is 52.5 Å². The summed E-state index contributed by atoms with van der Waals surface area (Å²) in [7, 11) is -3.83. The lowest BCUT2D eigenvalue weighted by Gasteiger charge is -2.18. The van der Waals surface area contributed by atoms with Crippen molar-refractivity contribution in [2.75, 3.05) is 25.0 Å². The molecule has 0 unspecified atom stereocenters. The fourth-order valence-corrected chi connectivity index (χ4v) is 4.00. The Morgan fingerprint density at radius 2 is 1.96 bits per heavy atom. The predicted molar refractivity (Wildman–Crippen MR) is 102 cm³/mol. The molecule has 28 heavy (non-hydrogen) atoms. The zero-order chi connectivity index (χ0) is 20.7. The zero-order valence-corrected chi connectivity index (χ0v) is 16.4. The second kappa shape index (κ2) is 9.33. The van der Waals surface area contributed by atoms with Crippen molar-refractivity contribution >= 4 is 27.3 Å². The summed E-state index contributed by atoms with van der Waals surface area (Å²) in [6.45, 7) is 3.85. The van der Waals surface area contributed by atoms with E-state index >= 15 is 0 Å². The first-order valence-corrected chi connectivity index (χ1v) is 10.0. The van der Waals surface area contributed by atoms with Gasteiger partial charge in [0.1, 0.15) is 11.4 Å². The SMILES string of the molecule is CCN(CC)S(=O)(=O)c1ccc(NCC(=O)NCc2ccco2)c([N+](=O)[O-])c1. The maximum Gasteiger partial charge on any atom is 0.293 e. The number of hydrogen-bond donors (Lipinski definition) is 2. The summed E-state index contributed by atoms with van der Waals surface area (Å²) in [6, 6.07) is 6.96. The molecule has 2 rings (SSSR count). The van der Waals surface area contributed by atoms with E-state index in [1.165, 1.54) is 22.7 Å². The second-order valence-electron chi connectivity index (χ2n) is 5.74. The third kappa shape index (κ3) is 5.08. The maximum absolute atomic E-state index is 12.6. The van der Waals surface area contributed by atoms with Crippen LogP contribution < -0.4 is 10.6 Å². The van der Waals surface area contributed by atoms with E-state index in [1.54, 1.807) is 26.0 Å². The Labute approximate surface area is 162 Å². The third-order valence-electron chi connectivity index (χ3n) is 3.99. The van der Waals surface area contributed by atoms with Gasteiger partial charge in [0.25, 0.3) is 5.69 Å². The van der Waals surface area contributed by atoms with E-state index in [2.05, 4.69) is 10.6 Å². The molecule has 0 bridgehead atoms. The van der Waals surface area contributed by atoms with Crippen LogP contribution in [0.1, 0.15) is 19.6 Å². The average molecular weight is 410 g/mol. The van der Waals surface area contributed by atoms with Crippen molar-refractivity contribution < 1.29 is 22.6 Å². The number of nitrogens with one attached hydrogen (secondary N) is 2. The largest absolute Gasteiger partial charge is 0.467 e. The quantitative estimate of drug-likeness (QED) is 0.451. The van der Waals surface area contributed by atoms with Crippen molar-refractivity contribution in [1.82, 2.24) is 9.62 Å². The van der Waals surface area contributed by atoms with Crippen LogP contribution in [0.4, 0.5) is 11.4 Å². The Balaban J connectivity index is 2.12. The van der Waals surface area contributed by atoms with Gasteiger partial charge in [-0.05, 0) is 24.3 Å². The molecule has 1 aromatic carbocycles. The number of nitro benzene ring substituents is 1. The Kier molecular flexibility index (Phi) is 7.12. The number of rotatable bonds is 10. The number of benzene rings is 1. The molecule has 10 nitrogen and oxygen atoms in total. The highest BCUT2D eigenvalue weighted by molar-refractivity contribution is 7.89. The highest BCUT2D eigenvalue weighted by atomic mass is 32.2. The third-order valence-corrected chi connectivity index (χ3v) is 6.03. The number of amides is 1. The van der Waals surface area contributed by atoms with E-state index in [0.717, 1.165) is 6.07 Å². The molecule has 152 valence electrons. The minimum absolute atomic E-state index is 0.0524. The zero-order valence-electron chi connectivity index (χ0n) is 15.5. The molecule has 0 radical (unpaired) electrons. The van der Waals surface area contributed by atoms with Gasteiger partial charge in [-0.2, -0.15) is 4.31 Å². The van der Waals surface area contributed by atoms with E-state index in [1.807, 2.05) is 0 Å². The standard InChI is InChI=1S/C17H22N4O6S/c1-3-20(4-2)28(25,26)14-7-8-15(16(10-14)21(23)24)18-12-17(22)19-11-13-6-5-9-27-13/h5-10,18H,3-4,11-12H2,1-2H3,(H,19,22).